The number of amides is 1. The molecule has 1 amide bonds. The minimum absolute atomic E-state index is 0.115. The van der Waals surface area contributed by atoms with Gasteiger partial charge in [0.05, 0.1) is 19.2 Å². The van der Waals surface area contributed by atoms with Gasteiger partial charge in [0, 0.05) is 43.0 Å². The molecule has 0 aliphatic carbocycles. The second-order valence-electron chi connectivity index (χ2n) is 7.44. The van der Waals surface area contributed by atoms with Gasteiger partial charge >= 0.3 is 0 Å². The van der Waals surface area contributed by atoms with Crippen molar-refractivity contribution >= 4 is 5.91 Å². The number of nitrogens with one attached hydrogen (secondary N) is 1. The lowest BCUT2D eigenvalue weighted by molar-refractivity contribution is -0.131. The minimum Gasteiger partial charge on any atom is -0.497 e. The number of aromatic amines is 1. The average molecular weight is 404 g/mol. The summed E-state index contributed by atoms with van der Waals surface area (Å²) in [5.74, 6) is 1.70. The van der Waals surface area contributed by atoms with Gasteiger partial charge < -0.3 is 14.6 Å². The number of carbonyl (C=O) groups excluding carboxylic acids is 1. The Bertz CT molecular complexity index is 1060. The third kappa shape index (κ3) is 4.56. The smallest absolute Gasteiger partial charge is 0.251 e. The van der Waals surface area contributed by atoms with Crippen LogP contribution in [-0.4, -0.2) is 46.0 Å². The molecule has 1 aliphatic rings. The quantitative estimate of drug-likeness (QED) is 0.706. The Morgan fingerprint density at radius 2 is 1.97 bits per heavy atom. The number of methoxy groups -OCH3 is 1. The van der Waals surface area contributed by atoms with E-state index in [1.54, 1.807) is 19.5 Å². The number of carbonyl (C=O) groups is 1. The molecule has 4 rings (SSSR count). The van der Waals surface area contributed by atoms with E-state index in [-0.39, 0.29) is 17.4 Å². The summed E-state index contributed by atoms with van der Waals surface area (Å²) in [5.41, 5.74) is 2.24. The highest BCUT2D eigenvalue weighted by molar-refractivity contribution is 5.79. The standard InChI is InChI=1S/C23H24N4O3/c1-30-19-6-4-16(5-7-19)13-22(29)27-11-8-17(9-12-27)23-25-20(14-21(28)26-23)18-3-2-10-24-15-18/h2-7,10,14-15,17H,8-9,11-13H2,1H3,(H,25,26,28). The molecule has 0 atom stereocenters. The van der Waals surface area contributed by atoms with Gasteiger partial charge in [-0.1, -0.05) is 12.1 Å². The maximum atomic E-state index is 12.7. The molecule has 0 bridgehead atoms. The van der Waals surface area contributed by atoms with E-state index in [2.05, 4.69) is 15.0 Å². The molecule has 1 aliphatic heterocycles. The number of ether oxygens (including phenoxy) is 1. The minimum atomic E-state index is -0.170. The van der Waals surface area contributed by atoms with E-state index in [4.69, 9.17) is 4.74 Å². The van der Waals surface area contributed by atoms with Crippen LogP contribution in [0.4, 0.5) is 0 Å². The van der Waals surface area contributed by atoms with Gasteiger partial charge in [-0.15, -0.1) is 0 Å². The summed E-state index contributed by atoms with van der Waals surface area (Å²) in [7, 11) is 1.62. The Hall–Kier alpha value is -3.48. The van der Waals surface area contributed by atoms with Gasteiger partial charge in [-0.25, -0.2) is 4.98 Å². The van der Waals surface area contributed by atoms with Crippen LogP contribution in [-0.2, 0) is 11.2 Å². The zero-order valence-electron chi connectivity index (χ0n) is 16.9. The molecular weight excluding hydrogens is 380 g/mol. The van der Waals surface area contributed by atoms with E-state index in [9.17, 15) is 9.59 Å². The molecule has 0 radical (unpaired) electrons. The normalized spacial score (nSPS) is 14.5. The molecule has 1 saturated heterocycles. The summed E-state index contributed by atoms with van der Waals surface area (Å²) >= 11 is 0. The fourth-order valence-electron chi connectivity index (χ4n) is 3.76. The molecule has 1 N–H and O–H groups in total. The number of aromatic nitrogens is 3. The van der Waals surface area contributed by atoms with E-state index in [0.29, 0.717) is 31.0 Å². The summed E-state index contributed by atoms with van der Waals surface area (Å²) in [5, 5.41) is 0. The molecule has 1 fully saturated rings. The van der Waals surface area contributed by atoms with Crippen molar-refractivity contribution in [3.63, 3.8) is 0 Å². The van der Waals surface area contributed by atoms with Crippen molar-refractivity contribution in [2.75, 3.05) is 20.2 Å². The lowest BCUT2D eigenvalue weighted by Crippen LogP contribution is -2.39. The van der Waals surface area contributed by atoms with Crippen LogP contribution in [0.15, 0.2) is 59.7 Å². The van der Waals surface area contributed by atoms with Crippen LogP contribution < -0.4 is 10.3 Å². The van der Waals surface area contributed by atoms with Crippen LogP contribution in [0.5, 0.6) is 5.75 Å². The Labute approximate surface area is 174 Å². The van der Waals surface area contributed by atoms with Crippen LogP contribution in [0.1, 0.15) is 30.1 Å². The number of piperidine rings is 1. The number of nitrogens with zero attached hydrogens (tertiary/aromatic N) is 3. The highest BCUT2D eigenvalue weighted by Gasteiger charge is 2.25. The summed E-state index contributed by atoms with van der Waals surface area (Å²) < 4.78 is 5.16. The highest BCUT2D eigenvalue weighted by Crippen LogP contribution is 2.27. The first-order valence-electron chi connectivity index (χ1n) is 10.0. The van der Waals surface area contributed by atoms with Gasteiger partial charge in [-0.05, 0) is 42.7 Å². The molecule has 7 nitrogen and oxygen atoms in total. The number of likely N-dealkylation sites (tertiary alicyclic amines) is 1. The zero-order chi connectivity index (χ0) is 20.9. The Kier molecular flexibility index (Phi) is 5.88. The first-order valence-corrected chi connectivity index (χ1v) is 10.0. The molecule has 0 saturated carbocycles. The number of benzene rings is 1. The van der Waals surface area contributed by atoms with Crippen molar-refractivity contribution in [1.29, 1.82) is 0 Å². The van der Waals surface area contributed by atoms with Gasteiger partial charge in [0.25, 0.3) is 5.56 Å². The van der Waals surface area contributed by atoms with E-state index in [1.165, 1.54) is 6.07 Å². The maximum absolute atomic E-state index is 12.7. The Balaban J connectivity index is 1.40. The van der Waals surface area contributed by atoms with Crippen molar-refractivity contribution in [1.82, 2.24) is 19.9 Å². The molecule has 0 spiro atoms. The summed E-state index contributed by atoms with van der Waals surface area (Å²) in [6.07, 6.45) is 5.31. The van der Waals surface area contributed by atoms with Crippen molar-refractivity contribution in [3.8, 4) is 17.0 Å². The van der Waals surface area contributed by atoms with Gasteiger partial charge in [0.2, 0.25) is 5.91 Å². The van der Waals surface area contributed by atoms with Crippen LogP contribution >= 0.6 is 0 Å². The van der Waals surface area contributed by atoms with Gasteiger partial charge in [0.1, 0.15) is 11.6 Å². The molecule has 30 heavy (non-hydrogen) atoms. The molecule has 154 valence electrons. The number of H-pyrrole nitrogens is 1. The molecule has 0 unspecified atom stereocenters. The lowest BCUT2D eigenvalue weighted by atomic mass is 9.95. The number of pyridine rings is 1. The molecular formula is C23H24N4O3. The van der Waals surface area contributed by atoms with Crippen LogP contribution in [0.25, 0.3) is 11.3 Å². The van der Waals surface area contributed by atoms with Crippen LogP contribution in [0, 0.1) is 0 Å². The average Bonchev–Trinajstić information content (AvgIpc) is 2.80. The van der Waals surface area contributed by atoms with Crippen LogP contribution in [0.2, 0.25) is 0 Å². The molecule has 2 aromatic heterocycles. The third-order valence-electron chi connectivity index (χ3n) is 5.47. The third-order valence-corrected chi connectivity index (χ3v) is 5.47. The van der Waals surface area contributed by atoms with Crippen molar-refractivity contribution in [3.05, 3.63) is 76.6 Å². The number of rotatable bonds is 5. The maximum Gasteiger partial charge on any atom is 0.251 e. The number of hydrogen-bond donors (Lipinski definition) is 1. The number of hydrogen-bond acceptors (Lipinski definition) is 5. The van der Waals surface area contributed by atoms with Gasteiger partial charge in [0.15, 0.2) is 0 Å². The fraction of sp³-hybridized carbons (Fsp3) is 0.304. The van der Waals surface area contributed by atoms with E-state index < -0.39 is 0 Å². The Morgan fingerprint density at radius 3 is 2.63 bits per heavy atom. The zero-order valence-corrected chi connectivity index (χ0v) is 16.9. The second-order valence-corrected chi connectivity index (χ2v) is 7.44. The van der Waals surface area contributed by atoms with Crippen LogP contribution in [0.3, 0.4) is 0 Å². The van der Waals surface area contributed by atoms with E-state index in [1.807, 2.05) is 41.3 Å². The van der Waals surface area contributed by atoms with Gasteiger partial charge in [-0.2, -0.15) is 0 Å². The predicted octanol–water partition coefficient (Wildman–Crippen LogP) is 2.79. The lowest BCUT2D eigenvalue weighted by Gasteiger charge is -2.31. The highest BCUT2D eigenvalue weighted by atomic mass is 16.5. The van der Waals surface area contributed by atoms with E-state index >= 15 is 0 Å². The first-order chi connectivity index (χ1) is 14.6. The first kappa shape index (κ1) is 19.8. The van der Waals surface area contributed by atoms with Gasteiger partial charge in [-0.3, -0.25) is 14.6 Å². The molecule has 3 heterocycles. The van der Waals surface area contributed by atoms with Crippen molar-refractivity contribution in [2.45, 2.75) is 25.2 Å². The summed E-state index contributed by atoms with van der Waals surface area (Å²) in [6, 6.07) is 12.8. The Morgan fingerprint density at radius 1 is 1.20 bits per heavy atom. The summed E-state index contributed by atoms with van der Waals surface area (Å²) in [6.45, 7) is 1.31. The van der Waals surface area contributed by atoms with Crippen molar-refractivity contribution < 1.29 is 9.53 Å². The summed E-state index contributed by atoms with van der Waals surface area (Å²) in [4.78, 5) is 38.4. The molecule has 1 aromatic carbocycles. The topological polar surface area (TPSA) is 88.2 Å². The monoisotopic (exact) mass is 404 g/mol. The second kappa shape index (κ2) is 8.90. The fourth-order valence-corrected chi connectivity index (χ4v) is 3.76. The predicted molar refractivity (Wildman–Crippen MR) is 113 cm³/mol. The van der Waals surface area contributed by atoms with E-state index in [0.717, 1.165) is 29.7 Å². The largest absolute Gasteiger partial charge is 0.497 e. The molecule has 7 heteroatoms. The van der Waals surface area contributed by atoms with Crippen molar-refractivity contribution in [2.24, 2.45) is 0 Å². The molecule has 3 aromatic rings. The SMILES string of the molecule is COc1ccc(CC(=O)N2CCC(c3nc(-c4cccnc4)cc(=O)[nH]3)CC2)cc1.